The Bertz CT molecular complexity index is 1300. The Morgan fingerprint density at radius 3 is 1.00 bits per heavy atom. The van der Waals surface area contributed by atoms with Crippen molar-refractivity contribution >= 4 is 41.8 Å². The first kappa shape index (κ1) is 21.5. The quantitative estimate of drug-likeness (QED) is 0.206. The van der Waals surface area contributed by atoms with Gasteiger partial charge in [-0.3, -0.25) is 9.11 Å². The Balaban J connectivity index is 0.000000171. The highest BCUT2D eigenvalue weighted by Crippen LogP contribution is 2.32. The summed E-state index contributed by atoms with van der Waals surface area (Å²) >= 11 is 0. The molecular formula is C20H16O8S2. The van der Waals surface area contributed by atoms with Crippen LogP contribution in [0.1, 0.15) is 0 Å². The van der Waals surface area contributed by atoms with Crippen LogP contribution < -0.4 is 0 Å². The molecule has 0 heterocycles. The van der Waals surface area contributed by atoms with E-state index in [2.05, 4.69) is 60.7 Å². The Morgan fingerprint density at radius 2 is 0.767 bits per heavy atom. The average molecular weight is 448 g/mol. The molecule has 4 aromatic carbocycles. The number of phenols is 2. The Kier molecular flexibility index (Phi) is 5.68. The second-order valence-electron chi connectivity index (χ2n) is 6.28. The lowest BCUT2D eigenvalue weighted by molar-refractivity contribution is 0.417. The molecule has 0 aliphatic carbocycles. The van der Waals surface area contributed by atoms with Gasteiger partial charge in [0, 0.05) is 12.1 Å². The standard InChI is InChI=1S/C14H10.C6H6O8S2/c1-2-6-12-10-14-8-4-3-7-13(14)9-11(12)5-1;7-3-1-5(15(9,10)11)4(8)2-6(3)16(12,13)14/h1-10H;1-2,7-8H,(H,9,10,11)(H,12,13,14). The van der Waals surface area contributed by atoms with E-state index >= 15 is 0 Å². The van der Waals surface area contributed by atoms with Crippen molar-refractivity contribution in [3.8, 4) is 11.5 Å². The fraction of sp³-hybridized carbons (Fsp3) is 0. The normalized spacial score (nSPS) is 11.8. The zero-order chi connectivity index (χ0) is 22.1. The molecule has 0 saturated carbocycles. The third-order valence-corrected chi connectivity index (χ3v) is 5.98. The summed E-state index contributed by atoms with van der Waals surface area (Å²) in [6, 6.07) is 22.0. The summed E-state index contributed by atoms with van der Waals surface area (Å²) in [5, 5.41) is 23.4. The predicted octanol–water partition coefficient (Wildman–Crippen LogP) is 3.58. The van der Waals surface area contributed by atoms with E-state index in [0.29, 0.717) is 12.1 Å². The molecular weight excluding hydrogens is 432 g/mol. The van der Waals surface area contributed by atoms with Gasteiger partial charge in [-0.15, -0.1) is 0 Å². The van der Waals surface area contributed by atoms with Gasteiger partial charge in [0.25, 0.3) is 20.2 Å². The molecule has 30 heavy (non-hydrogen) atoms. The maximum atomic E-state index is 10.6. The van der Waals surface area contributed by atoms with E-state index < -0.39 is 41.5 Å². The highest BCUT2D eigenvalue weighted by Gasteiger charge is 2.23. The van der Waals surface area contributed by atoms with E-state index in [9.17, 15) is 16.8 Å². The molecule has 4 aromatic rings. The molecule has 8 nitrogen and oxygen atoms in total. The van der Waals surface area contributed by atoms with Gasteiger partial charge in [-0.05, 0) is 33.7 Å². The van der Waals surface area contributed by atoms with Crippen LogP contribution in [0, 0.1) is 0 Å². The molecule has 156 valence electrons. The van der Waals surface area contributed by atoms with E-state index in [1.807, 2.05) is 0 Å². The molecule has 0 fully saturated rings. The zero-order valence-corrected chi connectivity index (χ0v) is 16.8. The molecule has 0 unspecified atom stereocenters. The third-order valence-electron chi connectivity index (χ3n) is 4.21. The molecule has 0 aromatic heterocycles. The van der Waals surface area contributed by atoms with Crippen LogP contribution in [0.15, 0.2) is 82.6 Å². The maximum Gasteiger partial charge on any atom is 0.298 e. The maximum absolute atomic E-state index is 10.6. The summed E-state index contributed by atoms with van der Waals surface area (Å²) in [6.45, 7) is 0. The van der Waals surface area contributed by atoms with Crippen molar-refractivity contribution in [3.63, 3.8) is 0 Å². The van der Waals surface area contributed by atoms with Crippen molar-refractivity contribution in [2.24, 2.45) is 0 Å². The smallest absolute Gasteiger partial charge is 0.298 e. The molecule has 0 atom stereocenters. The Morgan fingerprint density at radius 1 is 0.500 bits per heavy atom. The van der Waals surface area contributed by atoms with Gasteiger partial charge >= 0.3 is 0 Å². The summed E-state index contributed by atoms with van der Waals surface area (Å²) in [7, 11) is -9.61. The molecule has 0 aliphatic rings. The lowest BCUT2D eigenvalue weighted by Crippen LogP contribution is -2.03. The Hall–Kier alpha value is -3.18. The monoisotopic (exact) mass is 448 g/mol. The highest BCUT2D eigenvalue weighted by molar-refractivity contribution is 7.86. The van der Waals surface area contributed by atoms with Crippen molar-refractivity contribution in [3.05, 3.63) is 72.8 Å². The van der Waals surface area contributed by atoms with Crippen LogP contribution in [0.25, 0.3) is 21.5 Å². The van der Waals surface area contributed by atoms with Crippen molar-refractivity contribution < 1.29 is 36.2 Å². The minimum absolute atomic E-state index is 0.299. The van der Waals surface area contributed by atoms with Gasteiger partial charge in [0.05, 0.1) is 0 Å². The summed E-state index contributed by atoms with van der Waals surface area (Å²) in [4.78, 5) is -2.14. The molecule has 0 radical (unpaired) electrons. The van der Waals surface area contributed by atoms with Crippen molar-refractivity contribution in [1.82, 2.24) is 0 Å². The molecule has 0 bridgehead atoms. The molecule has 0 spiro atoms. The van der Waals surface area contributed by atoms with Crippen LogP contribution in [0.2, 0.25) is 0 Å². The van der Waals surface area contributed by atoms with Gasteiger partial charge in [-0.1, -0.05) is 48.5 Å². The Labute approximate surface area is 172 Å². The number of hydrogen-bond acceptors (Lipinski definition) is 6. The largest absolute Gasteiger partial charge is 0.506 e. The van der Waals surface area contributed by atoms with Gasteiger partial charge in [0.1, 0.15) is 21.3 Å². The van der Waals surface area contributed by atoms with E-state index in [-0.39, 0.29) is 0 Å². The van der Waals surface area contributed by atoms with Crippen LogP contribution in [-0.2, 0) is 20.2 Å². The lowest BCUT2D eigenvalue weighted by atomic mass is 10.0. The first-order valence-corrected chi connectivity index (χ1v) is 11.2. The van der Waals surface area contributed by atoms with Crippen molar-refractivity contribution in [1.29, 1.82) is 0 Å². The summed E-state index contributed by atoms with van der Waals surface area (Å²) in [5.74, 6) is -2.24. The van der Waals surface area contributed by atoms with E-state index in [1.54, 1.807) is 0 Å². The van der Waals surface area contributed by atoms with Gasteiger partial charge in [0.15, 0.2) is 0 Å². The topological polar surface area (TPSA) is 149 Å². The first-order chi connectivity index (χ1) is 14.0. The van der Waals surface area contributed by atoms with Gasteiger partial charge in [-0.2, -0.15) is 16.8 Å². The van der Waals surface area contributed by atoms with Crippen molar-refractivity contribution in [2.75, 3.05) is 0 Å². The molecule has 0 amide bonds. The second kappa shape index (κ2) is 7.92. The number of phenolic OH excluding ortho intramolecular Hbond substituents is 2. The van der Waals surface area contributed by atoms with Crippen LogP contribution in [0.5, 0.6) is 11.5 Å². The molecule has 0 aliphatic heterocycles. The van der Waals surface area contributed by atoms with Gasteiger partial charge in [-0.25, -0.2) is 0 Å². The average Bonchev–Trinajstić information content (AvgIpc) is 2.66. The fourth-order valence-corrected chi connectivity index (χ4v) is 4.00. The number of rotatable bonds is 2. The fourth-order valence-electron chi connectivity index (χ4n) is 2.83. The minimum atomic E-state index is -4.80. The molecule has 10 heteroatoms. The second-order valence-corrected chi connectivity index (χ2v) is 9.06. The lowest BCUT2D eigenvalue weighted by Gasteiger charge is -2.05. The minimum Gasteiger partial charge on any atom is -0.506 e. The van der Waals surface area contributed by atoms with E-state index in [4.69, 9.17) is 19.3 Å². The zero-order valence-electron chi connectivity index (χ0n) is 15.2. The number of benzene rings is 4. The first-order valence-electron chi connectivity index (χ1n) is 8.35. The van der Waals surface area contributed by atoms with Gasteiger partial charge in [0.2, 0.25) is 0 Å². The van der Waals surface area contributed by atoms with Crippen LogP contribution in [0.4, 0.5) is 0 Å². The van der Waals surface area contributed by atoms with E-state index in [0.717, 1.165) is 0 Å². The van der Waals surface area contributed by atoms with Gasteiger partial charge < -0.3 is 10.2 Å². The summed E-state index contributed by atoms with van der Waals surface area (Å²) < 4.78 is 59.7. The summed E-state index contributed by atoms with van der Waals surface area (Å²) in [6.07, 6.45) is 0. The van der Waals surface area contributed by atoms with Crippen LogP contribution >= 0.6 is 0 Å². The van der Waals surface area contributed by atoms with E-state index in [1.165, 1.54) is 21.5 Å². The molecule has 0 saturated heterocycles. The highest BCUT2D eigenvalue weighted by atomic mass is 32.2. The predicted molar refractivity (Wildman–Crippen MR) is 111 cm³/mol. The summed E-state index contributed by atoms with van der Waals surface area (Å²) in [5.41, 5.74) is 0. The molecule has 4 rings (SSSR count). The number of aromatic hydroxyl groups is 2. The van der Waals surface area contributed by atoms with Crippen LogP contribution in [0.3, 0.4) is 0 Å². The SMILES string of the molecule is O=S(=O)(O)c1cc(O)c(S(=O)(=O)O)cc1O.c1ccc2cc3ccccc3cc2c1. The van der Waals surface area contributed by atoms with Crippen molar-refractivity contribution in [2.45, 2.75) is 9.79 Å². The van der Waals surface area contributed by atoms with Crippen LogP contribution in [-0.4, -0.2) is 36.2 Å². The number of hydrogen-bond donors (Lipinski definition) is 4. The molecule has 4 N–H and O–H groups in total. The number of fused-ring (bicyclic) bond motifs is 2. The third kappa shape index (κ3) is 4.69.